The first-order valence-electron chi connectivity index (χ1n) is 8.40. The fraction of sp³-hybridized carbons (Fsp3) is 0.316. The van der Waals surface area contributed by atoms with Gasteiger partial charge in [0, 0.05) is 18.1 Å². The van der Waals surface area contributed by atoms with E-state index < -0.39 is 4.92 Å². The molecule has 2 aromatic carbocycles. The summed E-state index contributed by atoms with van der Waals surface area (Å²) in [5, 5.41) is 14.0. The van der Waals surface area contributed by atoms with Crippen molar-refractivity contribution in [3.05, 3.63) is 68.8 Å². The smallest absolute Gasteiger partial charge is 0.293 e. The lowest BCUT2D eigenvalue weighted by atomic mass is 10.00. The lowest BCUT2D eigenvalue weighted by molar-refractivity contribution is -0.907. The minimum atomic E-state index is -0.452. The van der Waals surface area contributed by atoms with Crippen LogP contribution in [0.3, 0.4) is 0 Å². The molecule has 1 aliphatic rings. The molecule has 1 amide bonds. The van der Waals surface area contributed by atoms with Crippen molar-refractivity contribution in [2.45, 2.75) is 26.8 Å². The average Bonchev–Trinajstić information content (AvgIpc) is 2.58. The molecule has 1 atom stereocenters. The van der Waals surface area contributed by atoms with E-state index in [1.54, 1.807) is 13.0 Å². The largest absolute Gasteiger partial charge is 0.323 e. The third kappa shape index (κ3) is 3.69. The molecule has 0 aromatic heterocycles. The monoisotopic (exact) mass is 340 g/mol. The Labute approximate surface area is 146 Å². The summed E-state index contributed by atoms with van der Waals surface area (Å²) >= 11 is 0. The number of nitro benzene ring substituents is 1. The quantitative estimate of drug-likeness (QED) is 0.658. The molecule has 2 aromatic rings. The van der Waals surface area contributed by atoms with Crippen LogP contribution < -0.4 is 10.2 Å². The number of amides is 1. The second-order valence-corrected chi connectivity index (χ2v) is 6.58. The molecule has 3 rings (SSSR count). The van der Waals surface area contributed by atoms with Gasteiger partial charge in [-0.2, -0.15) is 0 Å². The van der Waals surface area contributed by atoms with Crippen molar-refractivity contribution in [3.8, 4) is 0 Å². The third-order valence-electron chi connectivity index (χ3n) is 4.89. The van der Waals surface area contributed by atoms with Crippen LogP contribution in [0.1, 0.15) is 22.3 Å². The summed E-state index contributed by atoms with van der Waals surface area (Å²) in [6, 6.07) is 11.4. The maximum Gasteiger partial charge on any atom is 0.293 e. The molecular formula is C19H22N3O3+. The van der Waals surface area contributed by atoms with Crippen LogP contribution in [0.25, 0.3) is 0 Å². The number of anilines is 1. The molecule has 0 bridgehead atoms. The van der Waals surface area contributed by atoms with Crippen LogP contribution in [0.5, 0.6) is 0 Å². The zero-order valence-corrected chi connectivity index (χ0v) is 14.5. The molecular weight excluding hydrogens is 318 g/mol. The van der Waals surface area contributed by atoms with Crippen molar-refractivity contribution in [2.24, 2.45) is 0 Å². The molecule has 0 fully saturated rings. The molecule has 6 nitrogen and oxygen atoms in total. The number of nitrogens with one attached hydrogen (secondary N) is 2. The molecule has 1 heterocycles. The summed E-state index contributed by atoms with van der Waals surface area (Å²) in [6.45, 7) is 5.67. The number of nitro groups is 1. The third-order valence-corrected chi connectivity index (χ3v) is 4.89. The summed E-state index contributed by atoms with van der Waals surface area (Å²) in [5.74, 6) is -0.189. The van der Waals surface area contributed by atoms with Gasteiger partial charge in [-0.1, -0.05) is 30.3 Å². The van der Waals surface area contributed by atoms with E-state index in [-0.39, 0.29) is 11.6 Å². The highest BCUT2D eigenvalue weighted by Gasteiger charge is 2.24. The molecule has 0 saturated carbocycles. The second kappa shape index (κ2) is 7.03. The maximum absolute atomic E-state index is 12.5. The average molecular weight is 340 g/mol. The van der Waals surface area contributed by atoms with Crippen molar-refractivity contribution in [2.75, 3.05) is 18.4 Å². The highest BCUT2D eigenvalue weighted by Crippen LogP contribution is 2.30. The van der Waals surface area contributed by atoms with Crippen LogP contribution in [0.2, 0.25) is 0 Å². The van der Waals surface area contributed by atoms with Crippen molar-refractivity contribution in [3.63, 3.8) is 0 Å². The van der Waals surface area contributed by atoms with E-state index in [4.69, 9.17) is 0 Å². The molecule has 0 aliphatic carbocycles. The van der Waals surface area contributed by atoms with E-state index in [0.717, 1.165) is 30.6 Å². The predicted octanol–water partition coefficient (Wildman–Crippen LogP) is 1.79. The van der Waals surface area contributed by atoms with Gasteiger partial charge in [-0.3, -0.25) is 14.9 Å². The van der Waals surface area contributed by atoms with E-state index in [9.17, 15) is 14.9 Å². The number of hydrogen-bond donors (Lipinski definition) is 2. The van der Waals surface area contributed by atoms with Crippen molar-refractivity contribution < 1.29 is 14.6 Å². The van der Waals surface area contributed by atoms with Gasteiger partial charge in [0.1, 0.15) is 12.2 Å². The van der Waals surface area contributed by atoms with Gasteiger partial charge in [0.25, 0.3) is 11.6 Å². The number of fused-ring (bicyclic) bond motifs is 1. The SMILES string of the molecule is Cc1ccc([N+](=O)[O-])c(NC(=O)C[NH+]2CCc3ccccc3C2)c1C. The van der Waals surface area contributed by atoms with E-state index in [1.165, 1.54) is 22.1 Å². The molecule has 0 spiro atoms. The first-order chi connectivity index (χ1) is 12.0. The first-order valence-corrected chi connectivity index (χ1v) is 8.40. The van der Waals surface area contributed by atoms with Gasteiger partial charge >= 0.3 is 0 Å². The van der Waals surface area contributed by atoms with Gasteiger partial charge < -0.3 is 10.2 Å². The zero-order chi connectivity index (χ0) is 18.0. The minimum absolute atomic E-state index is 0.0598. The number of benzene rings is 2. The molecule has 0 saturated heterocycles. The van der Waals surface area contributed by atoms with Crippen LogP contribution >= 0.6 is 0 Å². The van der Waals surface area contributed by atoms with Crippen molar-refractivity contribution in [1.29, 1.82) is 0 Å². The summed E-state index contributed by atoms with van der Waals surface area (Å²) in [7, 11) is 0. The normalized spacial score (nSPS) is 16.2. The van der Waals surface area contributed by atoms with Crippen LogP contribution in [-0.2, 0) is 17.8 Å². The summed E-state index contributed by atoms with van der Waals surface area (Å²) in [4.78, 5) is 24.4. The van der Waals surface area contributed by atoms with Crippen LogP contribution in [0.15, 0.2) is 36.4 Å². The fourth-order valence-corrected chi connectivity index (χ4v) is 3.32. The van der Waals surface area contributed by atoms with Crippen LogP contribution in [-0.4, -0.2) is 23.9 Å². The van der Waals surface area contributed by atoms with E-state index in [1.807, 2.05) is 19.1 Å². The highest BCUT2D eigenvalue weighted by molar-refractivity contribution is 5.95. The Balaban J connectivity index is 1.72. The van der Waals surface area contributed by atoms with E-state index >= 15 is 0 Å². The number of quaternary nitrogens is 1. The Bertz CT molecular complexity index is 833. The maximum atomic E-state index is 12.5. The van der Waals surface area contributed by atoms with Gasteiger partial charge in [-0.05, 0) is 30.5 Å². The molecule has 1 unspecified atom stereocenters. The van der Waals surface area contributed by atoms with Crippen LogP contribution in [0.4, 0.5) is 11.4 Å². The van der Waals surface area contributed by atoms with E-state index in [2.05, 4.69) is 17.4 Å². The summed E-state index contributed by atoms with van der Waals surface area (Å²) in [6.07, 6.45) is 0.947. The molecule has 0 radical (unpaired) electrons. The fourth-order valence-electron chi connectivity index (χ4n) is 3.32. The second-order valence-electron chi connectivity index (χ2n) is 6.58. The molecule has 130 valence electrons. The number of aryl methyl sites for hydroxylation is 1. The topological polar surface area (TPSA) is 76.7 Å². The molecule has 1 aliphatic heterocycles. The standard InChI is InChI=1S/C19H21N3O3/c1-13-7-8-17(22(24)25)19(14(13)2)20-18(23)12-21-10-9-15-5-3-4-6-16(15)11-21/h3-8H,9-12H2,1-2H3,(H,20,23)/p+1. The Morgan fingerprint density at radius 1 is 1.20 bits per heavy atom. The van der Waals surface area contributed by atoms with Gasteiger partial charge in [0.2, 0.25) is 0 Å². The van der Waals surface area contributed by atoms with Gasteiger partial charge in [0.05, 0.1) is 11.5 Å². The number of nitrogens with zero attached hydrogens (tertiary/aromatic N) is 1. The zero-order valence-electron chi connectivity index (χ0n) is 14.5. The number of carbonyl (C=O) groups is 1. The summed E-state index contributed by atoms with van der Waals surface area (Å²) < 4.78 is 0. The molecule has 6 heteroatoms. The van der Waals surface area contributed by atoms with Gasteiger partial charge in [-0.15, -0.1) is 0 Å². The molecule has 25 heavy (non-hydrogen) atoms. The number of rotatable bonds is 4. The van der Waals surface area contributed by atoms with Crippen LogP contribution in [0, 0.1) is 24.0 Å². The van der Waals surface area contributed by atoms with Crippen molar-refractivity contribution in [1.82, 2.24) is 0 Å². The first kappa shape index (κ1) is 17.1. The highest BCUT2D eigenvalue weighted by atomic mass is 16.6. The summed E-state index contributed by atoms with van der Waals surface area (Å²) in [5.41, 5.74) is 4.52. The lowest BCUT2D eigenvalue weighted by Crippen LogP contribution is -3.12. The van der Waals surface area contributed by atoms with E-state index in [0.29, 0.717) is 12.2 Å². The Kier molecular flexibility index (Phi) is 4.81. The Morgan fingerprint density at radius 3 is 2.64 bits per heavy atom. The molecule has 2 N–H and O–H groups in total. The number of carbonyl (C=O) groups excluding carboxylic acids is 1. The minimum Gasteiger partial charge on any atom is -0.323 e. The Hall–Kier alpha value is -2.73. The number of hydrogen-bond acceptors (Lipinski definition) is 3. The van der Waals surface area contributed by atoms with Crippen molar-refractivity contribution >= 4 is 17.3 Å². The predicted molar refractivity (Wildman–Crippen MR) is 95.7 cm³/mol. The van der Waals surface area contributed by atoms with Gasteiger partial charge in [0.15, 0.2) is 6.54 Å². The lowest BCUT2D eigenvalue weighted by Gasteiger charge is -2.25. The Morgan fingerprint density at radius 2 is 1.92 bits per heavy atom. The van der Waals surface area contributed by atoms with Gasteiger partial charge in [-0.25, -0.2) is 0 Å².